The lowest BCUT2D eigenvalue weighted by Crippen LogP contribution is -2.45. The zero-order valence-electron chi connectivity index (χ0n) is 6.54. The van der Waals surface area contributed by atoms with Gasteiger partial charge in [-0.1, -0.05) is 19.3 Å². The van der Waals surface area contributed by atoms with E-state index in [9.17, 15) is 8.42 Å². The van der Waals surface area contributed by atoms with Gasteiger partial charge in [-0.3, -0.25) is 0 Å². The van der Waals surface area contributed by atoms with Gasteiger partial charge in [0.15, 0.2) is 9.84 Å². The summed E-state index contributed by atoms with van der Waals surface area (Å²) in [5.74, 6) is 2.03. The van der Waals surface area contributed by atoms with Gasteiger partial charge in [0.2, 0.25) is 0 Å². The van der Waals surface area contributed by atoms with Crippen molar-refractivity contribution in [3.05, 3.63) is 5.75 Å². The molecule has 0 aromatic rings. The van der Waals surface area contributed by atoms with Crippen LogP contribution in [0.4, 0.5) is 0 Å². The first kappa shape index (κ1) is 7.59. The zero-order chi connectivity index (χ0) is 7.95. The predicted octanol–water partition coefficient (Wildman–Crippen LogP) is 1.53. The lowest BCUT2D eigenvalue weighted by Gasteiger charge is -2.43. The van der Waals surface area contributed by atoms with Gasteiger partial charge < -0.3 is 0 Å². The summed E-state index contributed by atoms with van der Waals surface area (Å²) in [4.78, 5) is 0. The summed E-state index contributed by atoms with van der Waals surface area (Å²) in [5.41, 5.74) is 0.122. The highest BCUT2D eigenvalue weighted by Gasteiger charge is 2.48. The summed E-state index contributed by atoms with van der Waals surface area (Å²) in [6.45, 7) is 0. The third-order valence-electron chi connectivity index (χ3n) is 2.77. The van der Waals surface area contributed by atoms with E-state index in [2.05, 4.69) is 0 Å². The number of hydrogen-bond acceptors (Lipinski definition) is 2. The van der Waals surface area contributed by atoms with Gasteiger partial charge in [-0.15, -0.1) is 0 Å². The van der Waals surface area contributed by atoms with Crippen molar-refractivity contribution >= 4 is 9.84 Å². The molecule has 0 atom stereocenters. The van der Waals surface area contributed by atoms with Crippen molar-refractivity contribution in [2.24, 2.45) is 5.41 Å². The number of rotatable bonds is 0. The first-order valence-electron chi connectivity index (χ1n) is 4.21. The van der Waals surface area contributed by atoms with E-state index >= 15 is 0 Å². The van der Waals surface area contributed by atoms with Gasteiger partial charge in [0.25, 0.3) is 0 Å². The lowest BCUT2D eigenvalue weighted by atomic mass is 9.76. The second-order valence-corrected chi connectivity index (χ2v) is 5.70. The maximum absolute atomic E-state index is 10.9. The van der Waals surface area contributed by atoms with Crippen LogP contribution in [0.2, 0.25) is 0 Å². The van der Waals surface area contributed by atoms with Crippen molar-refractivity contribution in [3.8, 4) is 0 Å². The smallest absolute Gasteiger partial charge is 0.155 e. The minimum atomic E-state index is -2.71. The van der Waals surface area contributed by atoms with E-state index < -0.39 is 9.84 Å². The Morgan fingerprint density at radius 2 is 1.64 bits per heavy atom. The Morgan fingerprint density at radius 1 is 1.09 bits per heavy atom. The molecule has 1 saturated heterocycles. The Balaban J connectivity index is 2.05. The van der Waals surface area contributed by atoms with Crippen LogP contribution in [0.25, 0.3) is 0 Å². The first-order valence-corrected chi connectivity index (χ1v) is 5.92. The average Bonchev–Trinajstić information content (AvgIpc) is 1.85. The molecule has 2 rings (SSSR count). The van der Waals surface area contributed by atoms with E-state index in [-0.39, 0.29) is 5.41 Å². The third-order valence-corrected chi connectivity index (χ3v) is 4.60. The number of sulfone groups is 1. The summed E-state index contributed by atoms with van der Waals surface area (Å²) in [5, 5.41) is 0. The molecule has 1 aliphatic carbocycles. The van der Waals surface area contributed by atoms with Crippen molar-refractivity contribution in [1.29, 1.82) is 0 Å². The molecule has 0 aromatic heterocycles. The number of hydrogen-bond donors (Lipinski definition) is 0. The SMILES string of the molecule is O=S1(=O)[CH]C2(CCCCC2)C1. The molecule has 0 N–H and O–H groups in total. The van der Waals surface area contributed by atoms with Gasteiger partial charge in [0.05, 0.1) is 11.5 Å². The molecule has 2 nitrogen and oxygen atoms in total. The quantitative estimate of drug-likeness (QED) is 0.556. The highest BCUT2D eigenvalue weighted by atomic mass is 32.2. The fourth-order valence-corrected chi connectivity index (χ4v) is 4.32. The van der Waals surface area contributed by atoms with Crippen LogP contribution in [0.3, 0.4) is 0 Å². The molecule has 1 saturated carbocycles. The maximum atomic E-state index is 10.9. The molecule has 2 fully saturated rings. The zero-order valence-corrected chi connectivity index (χ0v) is 7.36. The Labute approximate surface area is 67.9 Å². The van der Waals surface area contributed by atoms with Crippen LogP contribution in [0.5, 0.6) is 0 Å². The van der Waals surface area contributed by atoms with Gasteiger partial charge in [0, 0.05) is 5.41 Å². The standard InChI is InChI=1S/C8H13O2S/c9-11(10)6-8(7-11)4-2-1-3-5-8/h6H,1-5,7H2. The molecular weight excluding hydrogens is 160 g/mol. The van der Waals surface area contributed by atoms with Crippen molar-refractivity contribution in [1.82, 2.24) is 0 Å². The summed E-state index contributed by atoms with van der Waals surface area (Å²) >= 11 is 0. The second kappa shape index (κ2) is 2.22. The molecule has 0 amide bonds. The molecule has 63 valence electrons. The third kappa shape index (κ3) is 1.31. The molecule has 1 radical (unpaired) electrons. The van der Waals surface area contributed by atoms with Gasteiger partial charge in [0.1, 0.15) is 0 Å². The highest BCUT2D eigenvalue weighted by Crippen LogP contribution is 2.48. The summed E-state index contributed by atoms with van der Waals surface area (Å²) in [6, 6.07) is 0. The Kier molecular flexibility index (Phi) is 1.53. The molecule has 3 heteroatoms. The van der Waals surface area contributed by atoms with E-state index in [0.717, 1.165) is 12.8 Å². The van der Waals surface area contributed by atoms with E-state index in [4.69, 9.17) is 0 Å². The molecule has 11 heavy (non-hydrogen) atoms. The van der Waals surface area contributed by atoms with Crippen LogP contribution in [-0.2, 0) is 9.84 Å². The van der Waals surface area contributed by atoms with E-state index in [1.54, 1.807) is 5.75 Å². The van der Waals surface area contributed by atoms with E-state index in [0.29, 0.717) is 5.75 Å². The monoisotopic (exact) mass is 173 g/mol. The Bertz CT molecular complexity index is 233. The van der Waals surface area contributed by atoms with Crippen LogP contribution in [0.15, 0.2) is 0 Å². The van der Waals surface area contributed by atoms with Gasteiger partial charge in [-0.05, 0) is 12.8 Å². The van der Waals surface area contributed by atoms with Crippen LogP contribution in [-0.4, -0.2) is 14.2 Å². The maximum Gasteiger partial charge on any atom is 0.155 e. The summed E-state index contributed by atoms with van der Waals surface area (Å²) in [7, 11) is -2.71. The van der Waals surface area contributed by atoms with Crippen LogP contribution in [0.1, 0.15) is 32.1 Å². The Morgan fingerprint density at radius 3 is 2.09 bits per heavy atom. The van der Waals surface area contributed by atoms with Crippen molar-refractivity contribution in [3.63, 3.8) is 0 Å². The van der Waals surface area contributed by atoms with Crippen molar-refractivity contribution in [2.75, 3.05) is 5.75 Å². The Hall–Kier alpha value is -0.0500. The van der Waals surface area contributed by atoms with Crippen LogP contribution >= 0.6 is 0 Å². The van der Waals surface area contributed by atoms with Crippen molar-refractivity contribution in [2.45, 2.75) is 32.1 Å². The van der Waals surface area contributed by atoms with Crippen molar-refractivity contribution < 1.29 is 8.42 Å². The molecule has 0 bridgehead atoms. The molecule has 1 spiro atoms. The fraction of sp³-hybridized carbons (Fsp3) is 0.875. The lowest BCUT2D eigenvalue weighted by molar-refractivity contribution is 0.256. The molecule has 2 aliphatic rings. The van der Waals surface area contributed by atoms with Gasteiger partial charge in [-0.2, -0.15) is 0 Å². The average molecular weight is 173 g/mol. The fourth-order valence-electron chi connectivity index (χ4n) is 2.28. The molecule has 1 aliphatic heterocycles. The van der Waals surface area contributed by atoms with E-state index in [1.165, 1.54) is 19.3 Å². The minimum absolute atomic E-state index is 0.122. The molecule has 1 heterocycles. The predicted molar refractivity (Wildman–Crippen MR) is 43.6 cm³/mol. The molecule has 0 unspecified atom stereocenters. The highest BCUT2D eigenvalue weighted by molar-refractivity contribution is 7.95. The summed E-state index contributed by atoms with van der Waals surface area (Å²) in [6.07, 6.45) is 5.92. The van der Waals surface area contributed by atoms with E-state index in [1.807, 2.05) is 0 Å². The normalized spacial score (nSPS) is 33.1. The topological polar surface area (TPSA) is 34.1 Å². The minimum Gasteiger partial charge on any atom is -0.228 e. The first-order chi connectivity index (χ1) is 5.12. The van der Waals surface area contributed by atoms with Crippen LogP contribution in [0, 0.1) is 11.2 Å². The summed E-state index contributed by atoms with van der Waals surface area (Å²) < 4.78 is 21.8. The molecule has 0 aromatic carbocycles. The van der Waals surface area contributed by atoms with Crippen LogP contribution < -0.4 is 0 Å². The largest absolute Gasteiger partial charge is 0.228 e. The van der Waals surface area contributed by atoms with Gasteiger partial charge >= 0.3 is 0 Å². The second-order valence-electron chi connectivity index (χ2n) is 3.85. The van der Waals surface area contributed by atoms with Gasteiger partial charge in [-0.25, -0.2) is 8.42 Å². The molecular formula is C8H13O2S.